The van der Waals surface area contributed by atoms with Crippen LogP contribution in [-0.2, 0) is 0 Å². The first-order chi connectivity index (χ1) is 11.6. The predicted octanol–water partition coefficient (Wildman–Crippen LogP) is 2.77. The van der Waals surface area contributed by atoms with E-state index in [0.717, 1.165) is 30.6 Å². The standard InChI is InChI=1S/C18H19FN4O/c1-11-2-3-14(6-17(11)12-4-13(19)8-20-7-12)22-18(24)23-10-15-5-16(23)9-21-15/h2-4,6-8,15-16,21H,5,9-10H2,1H3,(H,22,24)/t15-,16-/m0/s1. The Morgan fingerprint density at radius 2 is 2.25 bits per heavy atom. The number of likely N-dealkylation sites (tertiary alicyclic amines) is 1. The van der Waals surface area contributed by atoms with Crippen LogP contribution in [0.1, 0.15) is 12.0 Å². The van der Waals surface area contributed by atoms with Gasteiger partial charge in [-0.3, -0.25) is 4.98 Å². The number of urea groups is 1. The molecule has 0 aliphatic carbocycles. The van der Waals surface area contributed by atoms with E-state index in [0.29, 0.717) is 17.3 Å². The van der Waals surface area contributed by atoms with Crippen LogP contribution >= 0.6 is 0 Å². The molecule has 1 aromatic heterocycles. The highest BCUT2D eigenvalue weighted by Gasteiger charge is 2.40. The van der Waals surface area contributed by atoms with Gasteiger partial charge in [0.05, 0.1) is 6.20 Å². The van der Waals surface area contributed by atoms with E-state index in [1.54, 1.807) is 6.20 Å². The Morgan fingerprint density at radius 3 is 2.96 bits per heavy atom. The second kappa shape index (κ2) is 5.87. The maximum absolute atomic E-state index is 13.4. The van der Waals surface area contributed by atoms with Crippen molar-refractivity contribution in [2.75, 3.05) is 18.4 Å². The number of halogens is 1. The predicted molar refractivity (Wildman–Crippen MR) is 90.3 cm³/mol. The minimum atomic E-state index is -0.373. The quantitative estimate of drug-likeness (QED) is 0.892. The SMILES string of the molecule is Cc1ccc(NC(=O)N2C[C@@H]3C[C@H]2CN3)cc1-c1cncc(F)c1. The van der Waals surface area contributed by atoms with Crippen molar-refractivity contribution in [3.63, 3.8) is 0 Å². The molecule has 2 aromatic rings. The molecule has 0 spiro atoms. The Kier molecular flexibility index (Phi) is 3.69. The topological polar surface area (TPSA) is 57.3 Å². The summed E-state index contributed by atoms with van der Waals surface area (Å²) < 4.78 is 13.4. The van der Waals surface area contributed by atoms with Crippen molar-refractivity contribution < 1.29 is 9.18 Å². The van der Waals surface area contributed by atoms with Gasteiger partial charge in [0.15, 0.2) is 0 Å². The lowest BCUT2D eigenvalue weighted by Crippen LogP contribution is -2.48. The molecule has 2 aliphatic rings. The van der Waals surface area contributed by atoms with E-state index in [1.807, 2.05) is 30.0 Å². The molecular weight excluding hydrogens is 307 g/mol. The molecule has 0 saturated carbocycles. The van der Waals surface area contributed by atoms with Crippen molar-refractivity contribution >= 4 is 11.7 Å². The van der Waals surface area contributed by atoms with E-state index in [1.165, 1.54) is 12.3 Å². The molecule has 124 valence electrons. The van der Waals surface area contributed by atoms with E-state index in [4.69, 9.17) is 0 Å². The van der Waals surface area contributed by atoms with Crippen molar-refractivity contribution in [2.45, 2.75) is 25.4 Å². The first kappa shape index (κ1) is 15.1. The molecular formula is C18H19FN4O. The average molecular weight is 326 g/mol. The number of aryl methyl sites for hydroxylation is 1. The second-order valence-corrected chi connectivity index (χ2v) is 6.50. The average Bonchev–Trinajstić information content (AvgIpc) is 3.20. The molecule has 0 unspecified atom stereocenters. The largest absolute Gasteiger partial charge is 0.322 e. The Morgan fingerprint density at radius 1 is 1.38 bits per heavy atom. The number of aromatic nitrogens is 1. The van der Waals surface area contributed by atoms with Gasteiger partial charge in [-0.2, -0.15) is 0 Å². The van der Waals surface area contributed by atoms with Gasteiger partial charge in [-0.25, -0.2) is 9.18 Å². The Bertz CT molecular complexity index is 794. The molecule has 2 fully saturated rings. The summed E-state index contributed by atoms with van der Waals surface area (Å²) in [6, 6.07) is 7.75. The van der Waals surface area contributed by atoms with Crippen molar-refractivity contribution in [3.8, 4) is 11.1 Å². The monoisotopic (exact) mass is 326 g/mol. The summed E-state index contributed by atoms with van der Waals surface area (Å²) in [5, 5.41) is 6.35. The van der Waals surface area contributed by atoms with Gasteiger partial charge in [0.1, 0.15) is 5.82 Å². The fourth-order valence-corrected chi connectivity index (χ4v) is 3.57. The lowest BCUT2D eigenvalue weighted by Gasteiger charge is -2.27. The third kappa shape index (κ3) is 2.73. The van der Waals surface area contributed by atoms with Crippen LogP contribution in [0.25, 0.3) is 11.1 Å². The number of rotatable bonds is 2. The number of pyridine rings is 1. The number of anilines is 1. The highest BCUT2D eigenvalue weighted by atomic mass is 19.1. The van der Waals surface area contributed by atoms with Crippen LogP contribution in [0.2, 0.25) is 0 Å². The van der Waals surface area contributed by atoms with E-state index in [9.17, 15) is 9.18 Å². The molecule has 2 aliphatic heterocycles. The summed E-state index contributed by atoms with van der Waals surface area (Å²) in [7, 11) is 0. The van der Waals surface area contributed by atoms with Gasteiger partial charge in [0.25, 0.3) is 0 Å². The molecule has 2 N–H and O–H groups in total. The lowest BCUT2D eigenvalue weighted by molar-refractivity contribution is 0.199. The number of piperazine rings is 1. The van der Waals surface area contributed by atoms with Gasteiger partial charge in [0.2, 0.25) is 0 Å². The molecule has 2 saturated heterocycles. The molecule has 1 aromatic carbocycles. The van der Waals surface area contributed by atoms with Gasteiger partial charge in [-0.1, -0.05) is 6.07 Å². The maximum Gasteiger partial charge on any atom is 0.322 e. The molecule has 2 amide bonds. The zero-order valence-corrected chi connectivity index (χ0v) is 13.4. The van der Waals surface area contributed by atoms with Crippen molar-refractivity contribution in [1.82, 2.24) is 15.2 Å². The van der Waals surface area contributed by atoms with Crippen LogP contribution in [-0.4, -0.2) is 41.1 Å². The summed E-state index contributed by atoms with van der Waals surface area (Å²) in [6.45, 7) is 3.58. The third-order valence-corrected chi connectivity index (χ3v) is 4.82. The first-order valence-electron chi connectivity index (χ1n) is 8.13. The molecule has 2 atom stereocenters. The maximum atomic E-state index is 13.4. The van der Waals surface area contributed by atoms with Gasteiger partial charge in [0, 0.05) is 42.6 Å². The summed E-state index contributed by atoms with van der Waals surface area (Å²) in [5.41, 5.74) is 3.28. The molecule has 4 rings (SSSR count). The first-order valence-corrected chi connectivity index (χ1v) is 8.13. The number of nitrogens with zero attached hydrogens (tertiary/aromatic N) is 2. The van der Waals surface area contributed by atoms with Gasteiger partial charge in [-0.15, -0.1) is 0 Å². The smallest absolute Gasteiger partial charge is 0.319 e. The third-order valence-electron chi connectivity index (χ3n) is 4.82. The summed E-state index contributed by atoms with van der Waals surface area (Å²) in [4.78, 5) is 18.3. The van der Waals surface area contributed by atoms with E-state index in [-0.39, 0.29) is 17.9 Å². The molecule has 24 heavy (non-hydrogen) atoms. The van der Waals surface area contributed by atoms with Gasteiger partial charge >= 0.3 is 6.03 Å². The van der Waals surface area contributed by atoms with E-state index >= 15 is 0 Å². The van der Waals surface area contributed by atoms with Crippen LogP contribution in [0.4, 0.5) is 14.9 Å². The number of carbonyl (C=O) groups is 1. The highest BCUT2D eigenvalue weighted by Crippen LogP contribution is 2.28. The van der Waals surface area contributed by atoms with Gasteiger partial charge in [-0.05, 0) is 42.7 Å². The Labute approximate surface area is 139 Å². The summed E-state index contributed by atoms with van der Waals surface area (Å²) in [5.74, 6) is -0.373. The zero-order chi connectivity index (χ0) is 16.7. The fourth-order valence-electron chi connectivity index (χ4n) is 3.57. The normalized spacial score (nSPS) is 22.0. The summed E-state index contributed by atoms with van der Waals surface area (Å²) in [6.07, 6.45) is 3.84. The fraction of sp³-hybridized carbons (Fsp3) is 0.333. The second-order valence-electron chi connectivity index (χ2n) is 6.50. The lowest BCUT2D eigenvalue weighted by atomic mass is 10.0. The highest BCUT2D eigenvalue weighted by molar-refractivity contribution is 5.91. The van der Waals surface area contributed by atoms with Crippen LogP contribution in [0.3, 0.4) is 0 Å². The molecule has 6 heteroatoms. The number of nitrogens with one attached hydrogen (secondary N) is 2. The Hall–Kier alpha value is -2.47. The van der Waals surface area contributed by atoms with Gasteiger partial charge < -0.3 is 15.5 Å². The van der Waals surface area contributed by atoms with E-state index < -0.39 is 0 Å². The summed E-state index contributed by atoms with van der Waals surface area (Å²) >= 11 is 0. The molecule has 5 nitrogen and oxygen atoms in total. The number of hydrogen-bond donors (Lipinski definition) is 2. The van der Waals surface area contributed by atoms with Crippen molar-refractivity contribution in [2.24, 2.45) is 0 Å². The number of carbonyl (C=O) groups excluding carboxylic acids is 1. The molecule has 2 bridgehead atoms. The minimum absolute atomic E-state index is 0.0730. The zero-order valence-electron chi connectivity index (χ0n) is 13.4. The van der Waals surface area contributed by atoms with Crippen LogP contribution in [0.15, 0.2) is 36.7 Å². The van der Waals surface area contributed by atoms with Crippen molar-refractivity contribution in [1.29, 1.82) is 0 Å². The van der Waals surface area contributed by atoms with Crippen LogP contribution in [0, 0.1) is 12.7 Å². The molecule has 3 heterocycles. The van der Waals surface area contributed by atoms with Crippen molar-refractivity contribution in [3.05, 3.63) is 48.0 Å². The van der Waals surface area contributed by atoms with Crippen LogP contribution < -0.4 is 10.6 Å². The van der Waals surface area contributed by atoms with E-state index in [2.05, 4.69) is 15.6 Å². The Balaban J connectivity index is 1.56. The number of hydrogen-bond acceptors (Lipinski definition) is 3. The number of benzene rings is 1. The number of fused-ring (bicyclic) bond motifs is 2. The van der Waals surface area contributed by atoms with Crippen LogP contribution in [0.5, 0.6) is 0 Å². The minimum Gasteiger partial charge on any atom is -0.319 e. The number of amides is 2. The molecule has 0 radical (unpaired) electrons.